The van der Waals surface area contributed by atoms with Crippen molar-refractivity contribution in [2.24, 2.45) is 0 Å². The molecule has 6 N–H and O–H groups in total. The zero-order valence-corrected chi connectivity index (χ0v) is 43.7. The van der Waals surface area contributed by atoms with Crippen molar-refractivity contribution in [1.29, 1.82) is 0 Å². The van der Waals surface area contributed by atoms with Gasteiger partial charge in [-0.15, -0.1) is 0 Å². The van der Waals surface area contributed by atoms with Gasteiger partial charge in [0.25, 0.3) is 0 Å². The van der Waals surface area contributed by atoms with Crippen molar-refractivity contribution >= 4 is 5.91 Å². The van der Waals surface area contributed by atoms with E-state index >= 15 is 0 Å². The van der Waals surface area contributed by atoms with E-state index in [9.17, 15) is 30.3 Å². The number of carbonyl (C=O) groups excluding carboxylic acids is 1. The zero-order chi connectivity index (χ0) is 48.0. The highest BCUT2D eigenvalue weighted by atomic mass is 16.7. The Hall–Kier alpha value is -0.810. The fraction of sp³-hybridized carbons (Fsp3) is 0.982. The first-order valence-corrected chi connectivity index (χ1v) is 29.2. The average molecular weight is 941 g/mol. The highest BCUT2D eigenvalue weighted by molar-refractivity contribution is 5.76. The first-order chi connectivity index (χ1) is 32.3. The van der Waals surface area contributed by atoms with Gasteiger partial charge < -0.3 is 40.3 Å². The van der Waals surface area contributed by atoms with E-state index in [-0.39, 0.29) is 12.5 Å². The summed E-state index contributed by atoms with van der Waals surface area (Å²) < 4.78 is 11.3. The van der Waals surface area contributed by atoms with Crippen LogP contribution in [-0.2, 0) is 14.3 Å². The van der Waals surface area contributed by atoms with E-state index in [0.29, 0.717) is 12.8 Å². The lowest BCUT2D eigenvalue weighted by atomic mass is 9.99. The maximum atomic E-state index is 13.0. The molecule has 0 aliphatic carbocycles. The van der Waals surface area contributed by atoms with Crippen molar-refractivity contribution in [1.82, 2.24) is 5.32 Å². The Morgan fingerprint density at radius 1 is 0.455 bits per heavy atom. The molecule has 0 spiro atoms. The van der Waals surface area contributed by atoms with Crippen LogP contribution in [0.5, 0.6) is 0 Å². The molecule has 1 heterocycles. The third kappa shape index (κ3) is 37.1. The van der Waals surface area contributed by atoms with Gasteiger partial charge in [-0.3, -0.25) is 4.79 Å². The van der Waals surface area contributed by atoms with E-state index in [1.807, 2.05) is 0 Å². The van der Waals surface area contributed by atoms with Crippen LogP contribution in [0.1, 0.15) is 303 Å². The molecule has 1 rings (SSSR count). The molecule has 0 radical (unpaired) electrons. The number of hydrogen-bond donors (Lipinski definition) is 6. The molecule has 1 aliphatic rings. The molecule has 0 aromatic heterocycles. The molecule has 0 bridgehead atoms. The number of aliphatic hydroxyl groups is 5. The van der Waals surface area contributed by atoms with Gasteiger partial charge in [0.05, 0.1) is 25.4 Å². The van der Waals surface area contributed by atoms with Crippen LogP contribution in [0.15, 0.2) is 0 Å². The lowest BCUT2D eigenvalue weighted by Gasteiger charge is -2.40. The van der Waals surface area contributed by atoms with Gasteiger partial charge >= 0.3 is 0 Å². The second-order valence-electron chi connectivity index (χ2n) is 20.8. The van der Waals surface area contributed by atoms with Crippen molar-refractivity contribution in [3.05, 3.63) is 0 Å². The van der Waals surface area contributed by atoms with E-state index in [1.54, 1.807) is 0 Å². The van der Waals surface area contributed by atoms with Gasteiger partial charge in [0.1, 0.15) is 24.4 Å². The Kier molecular flexibility index (Phi) is 45.8. The fourth-order valence-electron chi connectivity index (χ4n) is 9.81. The summed E-state index contributed by atoms with van der Waals surface area (Å²) in [5.74, 6) is -0.137. The number of carbonyl (C=O) groups is 1. The number of nitrogens with one attached hydrogen (secondary N) is 1. The molecule has 9 nitrogen and oxygen atoms in total. The van der Waals surface area contributed by atoms with Crippen LogP contribution in [0.25, 0.3) is 0 Å². The minimum absolute atomic E-state index is 0.131. The zero-order valence-electron chi connectivity index (χ0n) is 43.7. The van der Waals surface area contributed by atoms with Gasteiger partial charge in [-0.2, -0.15) is 0 Å². The van der Waals surface area contributed by atoms with Gasteiger partial charge in [0.2, 0.25) is 5.91 Å². The van der Waals surface area contributed by atoms with Crippen molar-refractivity contribution in [3.8, 4) is 0 Å². The molecule has 0 aromatic rings. The van der Waals surface area contributed by atoms with Gasteiger partial charge in [0.15, 0.2) is 6.29 Å². The Balaban J connectivity index is 2.08. The summed E-state index contributed by atoms with van der Waals surface area (Å²) in [5, 5.41) is 54.5. The fourth-order valence-corrected chi connectivity index (χ4v) is 9.81. The highest BCUT2D eigenvalue weighted by Crippen LogP contribution is 2.23. The number of hydrogen-bond acceptors (Lipinski definition) is 8. The van der Waals surface area contributed by atoms with Crippen molar-refractivity contribution < 1.29 is 39.8 Å². The Morgan fingerprint density at radius 2 is 0.758 bits per heavy atom. The van der Waals surface area contributed by atoms with Crippen molar-refractivity contribution in [3.63, 3.8) is 0 Å². The first-order valence-electron chi connectivity index (χ1n) is 29.2. The van der Waals surface area contributed by atoms with E-state index in [0.717, 1.165) is 38.5 Å². The Bertz CT molecular complexity index is 1000. The minimum Gasteiger partial charge on any atom is -0.394 e. The third-order valence-electron chi connectivity index (χ3n) is 14.5. The Morgan fingerprint density at radius 3 is 1.08 bits per heavy atom. The van der Waals surface area contributed by atoms with Crippen LogP contribution in [0.3, 0.4) is 0 Å². The maximum absolute atomic E-state index is 13.0. The van der Waals surface area contributed by atoms with E-state index in [2.05, 4.69) is 19.2 Å². The average Bonchev–Trinajstić information content (AvgIpc) is 3.32. The first kappa shape index (κ1) is 63.2. The summed E-state index contributed by atoms with van der Waals surface area (Å²) >= 11 is 0. The molecule has 0 saturated carbocycles. The molecule has 1 amide bonds. The van der Waals surface area contributed by atoms with E-state index in [4.69, 9.17) is 9.47 Å². The molecule has 394 valence electrons. The third-order valence-corrected chi connectivity index (χ3v) is 14.5. The maximum Gasteiger partial charge on any atom is 0.220 e. The van der Waals surface area contributed by atoms with E-state index < -0.39 is 49.5 Å². The summed E-state index contributed by atoms with van der Waals surface area (Å²) in [7, 11) is 0. The van der Waals surface area contributed by atoms with Gasteiger partial charge in [-0.05, 0) is 12.8 Å². The van der Waals surface area contributed by atoms with E-state index in [1.165, 1.54) is 238 Å². The number of ether oxygens (including phenoxy) is 2. The predicted octanol–water partition coefficient (Wildman–Crippen LogP) is 14.2. The number of rotatable bonds is 51. The smallest absolute Gasteiger partial charge is 0.220 e. The SMILES string of the molecule is CCCCCCCCCCCCCCCCCCCCCCCCCCCCCCCCCC(=O)N[C@@H](CO[C@@H]1O[C@H](CO)[C@@H](O)C(O)C1O)[C@H](O)CCCCCCCCCCCCCC. The number of unbranched alkanes of at least 4 members (excludes halogenated alkanes) is 41. The largest absolute Gasteiger partial charge is 0.394 e. The van der Waals surface area contributed by atoms with Gasteiger partial charge in [0, 0.05) is 6.42 Å². The summed E-state index contributed by atoms with van der Waals surface area (Å²) in [6, 6.07) is -0.712. The summed E-state index contributed by atoms with van der Waals surface area (Å²) in [6.45, 7) is 3.87. The second kappa shape index (κ2) is 47.8. The van der Waals surface area contributed by atoms with Crippen LogP contribution in [0.2, 0.25) is 0 Å². The molecule has 1 saturated heterocycles. The van der Waals surface area contributed by atoms with Crippen LogP contribution in [-0.4, -0.2) is 87.5 Å². The lowest BCUT2D eigenvalue weighted by molar-refractivity contribution is -0.302. The number of amides is 1. The van der Waals surface area contributed by atoms with Crippen LogP contribution < -0.4 is 5.32 Å². The molecule has 1 aliphatic heterocycles. The topological polar surface area (TPSA) is 149 Å². The normalized spacial score (nSPS) is 19.7. The molecule has 66 heavy (non-hydrogen) atoms. The monoisotopic (exact) mass is 940 g/mol. The quantitative estimate of drug-likeness (QED) is 0.0330. The summed E-state index contributed by atoms with van der Waals surface area (Å²) in [6.07, 6.45) is 50.1. The predicted molar refractivity (Wildman–Crippen MR) is 277 cm³/mol. The summed E-state index contributed by atoms with van der Waals surface area (Å²) in [5.41, 5.74) is 0. The van der Waals surface area contributed by atoms with Crippen LogP contribution >= 0.6 is 0 Å². The van der Waals surface area contributed by atoms with Crippen molar-refractivity contribution in [2.45, 2.75) is 346 Å². The van der Waals surface area contributed by atoms with Gasteiger partial charge in [-0.25, -0.2) is 0 Å². The second-order valence-corrected chi connectivity index (χ2v) is 20.8. The standard InChI is InChI=1S/C57H113NO8/c1-3-5-7-9-11-13-15-17-18-19-20-21-22-23-24-25-26-27-28-29-30-31-32-33-34-35-37-39-41-43-45-47-53(61)58-50(49-65-57-56(64)55(63)54(62)52(48-59)66-57)51(60)46-44-42-40-38-36-16-14-12-10-8-6-4-2/h50-52,54-57,59-60,62-64H,3-49H2,1-2H3,(H,58,61)/t50-,51+,52+,54+,55?,56?,57+/m0/s1. The lowest BCUT2D eigenvalue weighted by Crippen LogP contribution is -2.60. The Labute approximate surface area is 408 Å². The molecule has 2 unspecified atom stereocenters. The molecule has 1 fully saturated rings. The van der Waals surface area contributed by atoms with Crippen LogP contribution in [0, 0.1) is 0 Å². The minimum atomic E-state index is -1.55. The molecule has 9 heteroatoms. The molecule has 0 aromatic carbocycles. The molecular weight excluding hydrogens is 827 g/mol. The molecular formula is C57H113NO8. The highest BCUT2D eigenvalue weighted by Gasteiger charge is 2.44. The number of aliphatic hydroxyl groups excluding tert-OH is 5. The summed E-state index contributed by atoms with van der Waals surface area (Å²) in [4.78, 5) is 13.0. The van der Waals surface area contributed by atoms with Crippen molar-refractivity contribution in [2.75, 3.05) is 13.2 Å². The van der Waals surface area contributed by atoms with Crippen LogP contribution in [0.4, 0.5) is 0 Å². The van der Waals surface area contributed by atoms with Gasteiger partial charge in [-0.1, -0.05) is 284 Å². The molecule has 7 atom stereocenters.